The molecule has 1 unspecified atom stereocenters. The highest BCUT2D eigenvalue weighted by Gasteiger charge is 2.49. The number of amides is 1. The highest BCUT2D eigenvalue weighted by Crippen LogP contribution is 2.40. The minimum Gasteiger partial charge on any atom is -0.497 e. The van der Waals surface area contributed by atoms with Crippen molar-refractivity contribution in [2.75, 3.05) is 20.2 Å². The number of ether oxygens (including phenoxy) is 1. The van der Waals surface area contributed by atoms with Crippen LogP contribution in [0.4, 0.5) is 0 Å². The average molecular weight is 427 g/mol. The Balaban J connectivity index is 1.42. The van der Waals surface area contributed by atoms with E-state index in [2.05, 4.69) is 24.4 Å². The fourth-order valence-electron chi connectivity index (χ4n) is 4.57. The number of nitrogens with zero attached hydrogens (tertiary/aromatic N) is 1. The molecule has 1 aromatic heterocycles. The molecule has 2 fully saturated rings. The Bertz CT molecular complexity index is 1100. The van der Waals surface area contributed by atoms with Crippen LogP contribution in [0.2, 0.25) is 5.02 Å². The SMILES string of the molecule is COc1cccc(-c2ccc3c(Cl)c(C(=O)N4CC5(CCC(C)N5)C4)sc3c2)c1. The fraction of sp³-hybridized carbons (Fsp3) is 0.348. The summed E-state index contributed by atoms with van der Waals surface area (Å²) in [7, 11) is 1.67. The van der Waals surface area contributed by atoms with Gasteiger partial charge in [0.15, 0.2) is 0 Å². The van der Waals surface area contributed by atoms with E-state index in [0.29, 0.717) is 15.9 Å². The van der Waals surface area contributed by atoms with Crippen molar-refractivity contribution in [1.82, 2.24) is 10.2 Å². The van der Waals surface area contributed by atoms with E-state index in [-0.39, 0.29) is 11.4 Å². The van der Waals surface area contributed by atoms with Gasteiger partial charge in [0.05, 0.1) is 17.7 Å². The Kier molecular flexibility index (Phi) is 4.57. The van der Waals surface area contributed by atoms with Crippen molar-refractivity contribution in [3.8, 4) is 16.9 Å². The summed E-state index contributed by atoms with van der Waals surface area (Å²) in [5, 5.41) is 5.16. The second-order valence-corrected chi connectivity index (χ2v) is 9.64. The first-order valence-electron chi connectivity index (χ1n) is 9.91. The number of carbonyl (C=O) groups excluding carboxylic acids is 1. The van der Waals surface area contributed by atoms with Crippen LogP contribution in [0.5, 0.6) is 5.75 Å². The molecule has 3 aromatic rings. The molecule has 1 N–H and O–H groups in total. The Morgan fingerprint density at radius 1 is 1.24 bits per heavy atom. The second kappa shape index (κ2) is 7.01. The lowest BCUT2D eigenvalue weighted by Crippen LogP contribution is -2.68. The number of rotatable bonds is 3. The summed E-state index contributed by atoms with van der Waals surface area (Å²) in [6, 6.07) is 14.7. The van der Waals surface area contributed by atoms with E-state index in [1.807, 2.05) is 35.2 Å². The monoisotopic (exact) mass is 426 g/mol. The Labute approximate surface area is 179 Å². The summed E-state index contributed by atoms with van der Waals surface area (Å²) in [4.78, 5) is 15.7. The predicted molar refractivity (Wildman–Crippen MR) is 119 cm³/mol. The number of carbonyl (C=O) groups is 1. The van der Waals surface area contributed by atoms with Crippen LogP contribution < -0.4 is 10.1 Å². The van der Waals surface area contributed by atoms with Gasteiger partial charge in [-0.1, -0.05) is 35.9 Å². The van der Waals surface area contributed by atoms with Gasteiger partial charge >= 0.3 is 0 Å². The summed E-state index contributed by atoms with van der Waals surface area (Å²) < 4.78 is 6.37. The first kappa shape index (κ1) is 18.9. The molecule has 0 radical (unpaired) electrons. The molecule has 5 rings (SSSR count). The number of fused-ring (bicyclic) bond motifs is 1. The second-order valence-electron chi connectivity index (χ2n) is 8.21. The van der Waals surface area contributed by atoms with E-state index < -0.39 is 0 Å². The number of halogens is 1. The van der Waals surface area contributed by atoms with E-state index in [0.717, 1.165) is 46.5 Å². The van der Waals surface area contributed by atoms with Crippen LogP contribution in [0, 0.1) is 0 Å². The van der Waals surface area contributed by atoms with Gasteiger partial charge < -0.3 is 15.0 Å². The van der Waals surface area contributed by atoms with Crippen LogP contribution in [0.1, 0.15) is 29.4 Å². The molecule has 0 aliphatic carbocycles. The van der Waals surface area contributed by atoms with Crippen LogP contribution in [0.25, 0.3) is 21.2 Å². The lowest BCUT2D eigenvalue weighted by atomic mass is 9.88. The average Bonchev–Trinajstić information content (AvgIpc) is 3.26. The van der Waals surface area contributed by atoms with E-state index in [4.69, 9.17) is 16.3 Å². The van der Waals surface area contributed by atoms with Gasteiger partial charge in [0, 0.05) is 29.2 Å². The molecule has 150 valence electrons. The standard InChI is InChI=1S/C23H23ClN2O2S/c1-14-8-9-23(25-14)12-26(13-23)22(27)21-20(24)18-7-6-16(11-19(18)29-21)15-4-3-5-17(10-15)28-2/h3-7,10-11,14,25H,8-9,12-13H2,1-2H3. The van der Waals surface area contributed by atoms with Gasteiger partial charge in [0.25, 0.3) is 5.91 Å². The van der Waals surface area contributed by atoms with Gasteiger partial charge in [-0.15, -0.1) is 11.3 Å². The molecule has 1 amide bonds. The highest BCUT2D eigenvalue weighted by atomic mass is 35.5. The molecular formula is C23H23ClN2O2S. The molecule has 2 aliphatic heterocycles. The predicted octanol–water partition coefficient (Wildman–Crippen LogP) is 5.20. The lowest BCUT2D eigenvalue weighted by molar-refractivity contribution is 0.0347. The maximum Gasteiger partial charge on any atom is 0.265 e. The Morgan fingerprint density at radius 2 is 2.03 bits per heavy atom. The zero-order chi connectivity index (χ0) is 20.2. The molecule has 2 saturated heterocycles. The fourth-order valence-corrected chi connectivity index (χ4v) is 6.08. The van der Waals surface area contributed by atoms with Gasteiger partial charge in [-0.05, 0) is 49.1 Å². The number of benzene rings is 2. The molecule has 0 saturated carbocycles. The van der Waals surface area contributed by atoms with Crippen molar-refractivity contribution >= 4 is 38.9 Å². The number of methoxy groups -OCH3 is 1. The third kappa shape index (κ3) is 3.21. The van der Waals surface area contributed by atoms with Crippen molar-refractivity contribution in [1.29, 1.82) is 0 Å². The lowest BCUT2D eigenvalue weighted by Gasteiger charge is -2.48. The van der Waals surface area contributed by atoms with Gasteiger partial charge in [-0.2, -0.15) is 0 Å². The molecule has 3 heterocycles. The molecule has 4 nitrogen and oxygen atoms in total. The van der Waals surface area contributed by atoms with Gasteiger partial charge in [0.1, 0.15) is 10.6 Å². The quantitative estimate of drug-likeness (QED) is 0.626. The Hall–Kier alpha value is -2.08. The molecular weight excluding hydrogens is 404 g/mol. The third-order valence-electron chi connectivity index (χ3n) is 6.11. The minimum atomic E-state index is 0.0473. The van der Waals surface area contributed by atoms with Crippen LogP contribution >= 0.6 is 22.9 Å². The molecule has 29 heavy (non-hydrogen) atoms. The van der Waals surface area contributed by atoms with Gasteiger partial charge in [-0.25, -0.2) is 0 Å². The molecule has 2 aromatic carbocycles. The zero-order valence-corrected chi connectivity index (χ0v) is 18.1. The first-order chi connectivity index (χ1) is 14.0. The molecule has 1 atom stereocenters. The van der Waals surface area contributed by atoms with Crippen LogP contribution in [0.15, 0.2) is 42.5 Å². The summed E-state index contributed by atoms with van der Waals surface area (Å²) in [5.74, 6) is 0.871. The van der Waals surface area contributed by atoms with Crippen LogP contribution in [0.3, 0.4) is 0 Å². The topological polar surface area (TPSA) is 41.6 Å². The summed E-state index contributed by atoms with van der Waals surface area (Å²) in [5.41, 5.74) is 2.28. The van der Waals surface area contributed by atoms with E-state index >= 15 is 0 Å². The number of nitrogens with one attached hydrogen (secondary N) is 1. The minimum absolute atomic E-state index is 0.0473. The highest BCUT2D eigenvalue weighted by molar-refractivity contribution is 7.21. The molecule has 6 heteroatoms. The summed E-state index contributed by atoms with van der Waals surface area (Å²) in [6.45, 7) is 3.76. The van der Waals surface area contributed by atoms with Crippen LogP contribution in [-0.2, 0) is 0 Å². The van der Waals surface area contributed by atoms with Crippen molar-refractivity contribution in [2.24, 2.45) is 0 Å². The van der Waals surface area contributed by atoms with E-state index in [1.165, 1.54) is 17.8 Å². The summed E-state index contributed by atoms with van der Waals surface area (Å²) >= 11 is 8.11. The van der Waals surface area contributed by atoms with E-state index in [9.17, 15) is 4.79 Å². The summed E-state index contributed by atoms with van der Waals surface area (Å²) in [6.07, 6.45) is 2.32. The number of likely N-dealkylation sites (tertiary alicyclic amines) is 1. The Morgan fingerprint density at radius 3 is 2.76 bits per heavy atom. The van der Waals surface area contributed by atoms with Crippen molar-refractivity contribution in [3.05, 3.63) is 52.4 Å². The first-order valence-corrected chi connectivity index (χ1v) is 11.1. The van der Waals surface area contributed by atoms with Gasteiger partial charge in [0.2, 0.25) is 0 Å². The maximum atomic E-state index is 13.1. The molecule has 0 bridgehead atoms. The number of hydrogen-bond donors (Lipinski definition) is 1. The molecule has 1 spiro atoms. The van der Waals surface area contributed by atoms with Crippen molar-refractivity contribution in [3.63, 3.8) is 0 Å². The normalized spacial score (nSPS) is 20.2. The van der Waals surface area contributed by atoms with Crippen molar-refractivity contribution in [2.45, 2.75) is 31.3 Å². The van der Waals surface area contributed by atoms with Crippen LogP contribution in [-0.4, -0.2) is 42.6 Å². The number of hydrogen-bond acceptors (Lipinski definition) is 4. The maximum absolute atomic E-state index is 13.1. The smallest absolute Gasteiger partial charge is 0.265 e. The van der Waals surface area contributed by atoms with E-state index in [1.54, 1.807) is 7.11 Å². The number of thiophene rings is 1. The van der Waals surface area contributed by atoms with Gasteiger partial charge in [-0.3, -0.25) is 4.79 Å². The largest absolute Gasteiger partial charge is 0.497 e. The van der Waals surface area contributed by atoms with Crippen molar-refractivity contribution < 1.29 is 9.53 Å². The zero-order valence-electron chi connectivity index (χ0n) is 16.5. The molecule has 2 aliphatic rings. The third-order valence-corrected chi connectivity index (χ3v) is 7.75.